The van der Waals surface area contributed by atoms with Gasteiger partial charge in [0.2, 0.25) is 0 Å². The minimum absolute atomic E-state index is 0.166. The number of aliphatic hydroxyl groups is 1. The molecule has 2 N–H and O–H groups in total. The molecule has 0 heterocycles. The lowest BCUT2D eigenvalue weighted by molar-refractivity contribution is -0.138. The van der Waals surface area contributed by atoms with Gasteiger partial charge in [-0.05, 0) is 0 Å². The van der Waals surface area contributed by atoms with Gasteiger partial charge in [-0.2, -0.15) is 0 Å². The molecule has 0 rings (SSSR count). The summed E-state index contributed by atoms with van der Waals surface area (Å²) in [5.74, 6) is -1.43. The summed E-state index contributed by atoms with van der Waals surface area (Å²) in [6.07, 6.45) is -1.18. The van der Waals surface area contributed by atoms with E-state index in [1.807, 2.05) is 0 Å². The van der Waals surface area contributed by atoms with Crippen LogP contribution in [0.3, 0.4) is 0 Å². The van der Waals surface area contributed by atoms with E-state index in [0.29, 0.717) is 0 Å². The maximum Gasteiger partial charge on any atom is 0.324 e. The lowest BCUT2D eigenvalue weighted by Crippen LogP contribution is -2.29. The molecule has 0 aromatic carbocycles. The zero-order valence-corrected chi connectivity index (χ0v) is 5.93. The molecular formula is C4H6Cl2O3. The molecule has 0 bridgehead atoms. The molecule has 0 aliphatic rings. The Morgan fingerprint density at radius 2 is 2.11 bits per heavy atom. The first kappa shape index (κ1) is 9.01. The number of aliphatic hydroxyl groups excluding tert-OH is 1. The van der Waals surface area contributed by atoms with E-state index in [1.165, 1.54) is 0 Å². The SMILES string of the molecule is O=C(O)[C@@H](Cl)[C@H](O)CCl. The van der Waals surface area contributed by atoms with Gasteiger partial charge in [-0.1, -0.05) is 0 Å². The van der Waals surface area contributed by atoms with Crippen molar-refractivity contribution < 1.29 is 15.0 Å². The molecule has 0 amide bonds. The molecule has 0 aliphatic heterocycles. The molecule has 0 saturated carbocycles. The van der Waals surface area contributed by atoms with E-state index in [-0.39, 0.29) is 5.88 Å². The highest BCUT2D eigenvalue weighted by Crippen LogP contribution is 2.03. The van der Waals surface area contributed by atoms with Crippen LogP contribution in [0.15, 0.2) is 0 Å². The van der Waals surface area contributed by atoms with Crippen LogP contribution in [0.1, 0.15) is 0 Å². The third-order valence-electron chi connectivity index (χ3n) is 0.732. The molecule has 0 spiro atoms. The van der Waals surface area contributed by atoms with E-state index < -0.39 is 17.5 Å². The minimum atomic E-state index is -1.30. The average Bonchev–Trinajstić information content (AvgIpc) is 1.84. The normalized spacial score (nSPS) is 16.8. The van der Waals surface area contributed by atoms with Gasteiger partial charge in [-0.25, -0.2) is 0 Å². The topological polar surface area (TPSA) is 57.5 Å². The maximum atomic E-state index is 9.95. The Kier molecular flexibility index (Phi) is 3.93. The van der Waals surface area contributed by atoms with Crippen molar-refractivity contribution in [3.63, 3.8) is 0 Å². The van der Waals surface area contributed by atoms with Crippen molar-refractivity contribution in [1.82, 2.24) is 0 Å². The van der Waals surface area contributed by atoms with Gasteiger partial charge in [-0.15, -0.1) is 23.2 Å². The van der Waals surface area contributed by atoms with E-state index >= 15 is 0 Å². The summed E-state index contributed by atoms with van der Waals surface area (Å²) in [7, 11) is 0. The summed E-state index contributed by atoms with van der Waals surface area (Å²) >= 11 is 10.2. The molecule has 9 heavy (non-hydrogen) atoms. The Morgan fingerprint density at radius 1 is 1.67 bits per heavy atom. The highest BCUT2D eigenvalue weighted by atomic mass is 35.5. The first-order valence-electron chi connectivity index (χ1n) is 2.20. The summed E-state index contributed by atoms with van der Waals surface area (Å²) in [6, 6.07) is 0. The molecule has 0 aliphatic carbocycles. The van der Waals surface area contributed by atoms with Crippen molar-refractivity contribution in [2.75, 3.05) is 5.88 Å². The summed E-state index contributed by atoms with van der Waals surface area (Å²) in [5.41, 5.74) is 0. The van der Waals surface area contributed by atoms with Crippen LogP contribution in [0, 0.1) is 0 Å². The molecule has 0 aromatic rings. The Bertz CT molecular complexity index is 106. The predicted molar refractivity (Wildman–Crippen MR) is 34.0 cm³/mol. The zero-order chi connectivity index (χ0) is 7.44. The van der Waals surface area contributed by atoms with Gasteiger partial charge >= 0.3 is 5.97 Å². The summed E-state index contributed by atoms with van der Waals surface area (Å²) in [4.78, 5) is 9.95. The Labute approximate surface area is 62.2 Å². The van der Waals surface area contributed by atoms with Gasteiger partial charge in [0.1, 0.15) is 0 Å². The van der Waals surface area contributed by atoms with Crippen molar-refractivity contribution in [2.45, 2.75) is 11.5 Å². The maximum absolute atomic E-state index is 9.95. The molecular weight excluding hydrogens is 167 g/mol. The number of aliphatic carboxylic acids is 1. The third kappa shape index (κ3) is 2.89. The fourth-order valence-electron chi connectivity index (χ4n) is 0.243. The van der Waals surface area contributed by atoms with Crippen molar-refractivity contribution in [1.29, 1.82) is 0 Å². The fourth-order valence-corrected chi connectivity index (χ4v) is 0.601. The van der Waals surface area contributed by atoms with E-state index in [2.05, 4.69) is 0 Å². The van der Waals surface area contributed by atoms with Gasteiger partial charge in [0.05, 0.1) is 12.0 Å². The number of hydrogen-bond acceptors (Lipinski definition) is 2. The zero-order valence-electron chi connectivity index (χ0n) is 4.42. The number of hydrogen-bond donors (Lipinski definition) is 2. The first-order valence-corrected chi connectivity index (χ1v) is 3.17. The van der Waals surface area contributed by atoms with E-state index in [4.69, 9.17) is 33.4 Å². The Hall–Kier alpha value is 0.01000. The van der Waals surface area contributed by atoms with E-state index in [9.17, 15) is 4.79 Å². The van der Waals surface area contributed by atoms with Gasteiger partial charge in [-0.3, -0.25) is 4.79 Å². The summed E-state index contributed by atoms with van der Waals surface area (Å²) in [6.45, 7) is 0. The summed E-state index contributed by atoms with van der Waals surface area (Å²) < 4.78 is 0. The number of carboxylic acids is 1. The second kappa shape index (κ2) is 3.93. The number of halogens is 2. The molecule has 0 saturated heterocycles. The van der Waals surface area contributed by atoms with Crippen LogP contribution in [0.25, 0.3) is 0 Å². The molecule has 0 radical (unpaired) electrons. The monoisotopic (exact) mass is 172 g/mol. The molecule has 0 fully saturated rings. The Morgan fingerprint density at radius 3 is 2.22 bits per heavy atom. The van der Waals surface area contributed by atoms with Crippen molar-refractivity contribution in [2.24, 2.45) is 0 Å². The lowest BCUT2D eigenvalue weighted by Gasteiger charge is -2.07. The van der Waals surface area contributed by atoms with Crippen LogP contribution in [0.2, 0.25) is 0 Å². The highest BCUT2D eigenvalue weighted by Gasteiger charge is 2.22. The predicted octanol–water partition coefficient (Wildman–Crippen LogP) is 0.278. The van der Waals surface area contributed by atoms with Crippen LogP contribution in [0.4, 0.5) is 0 Å². The van der Waals surface area contributed by atoms with Crippen LogP contribution >= 0.6 is 23.2 Å². The van der Waals surface area contributed by atoms with Gasteiger partial charge in [0.25, 0.3) is 0 Å². The quantitative estimate of drug-likeness (QED) is 0.602. The first-order chi connectivity index (χ1) is 4.09. The number of carboxylic acid groups (broad SMARTS) is 1. The van der Waals surface area contributed by atoms with Crippen LogP contribution in [-0.2, 0) is 4.79 Å². The molecule has 3 nitrogen and oxygen atoms in total. The second-order valence-corrected chi connectivity index (χ2v) is 2.24. The van der Waals surface area contributed by atoms with Crippen molar-refractivity contribution in [3.8, 4) is 0 Å². The molecule has 5 heteroatoms. The van der Waals surface area contributed by atoms with Crippen molar-refractivity contribution in [3.05, 3.63) is 0 Å². The van der Waals surface area contributed by atoms with Crippen LogP contribution < -0.4 is 0 Å². The third-order valence-corrected chi connectivity index (χ3v) is 1.53. The fraction of sp³-hybridized carbons (Fsp3) is 0.750. The van der Waals surface area contributed by atoms with Crippen LogP contribution in [-0.4, -0.2) is 33.5 Å². The van der Waals surface area contributed by atoms with E-state index in [0.717, 1.165) is 0 Å². The number of alkyl halides is 2. The number of carbonyl (C=O) groups is 1. The Balaban J connectivity index is 3.72. The van der Waals surface area contributed by atoms with Crippen molar-refractivity contribution >= 4 is 29.2 Å². The van der Waals surface area contributed by atoms with Gasteiger partial charge < -0.3 is 10.2 Å². The average molecular weight is 173 g/mol. The molecule has 0 unspecified atom stereocenters. The van der Waals surface area contributed by atoms with Gasteiger partial charge in [0, 0.05) is 0 Å². The number of rotatable bonds is 3. The minimum Gasteiger partial charge on any atom is -0.480 e. The van der Waals surface area contributed by atoms with E-state index in [1.54, 1.807) is 0 Å². The standard InChI is InChI=1S/C4H6Cl2O3/c5-1-2(7)3(6)4(8)9/h2-3,7H,1H2,(H,8,9)/t2-,3+/m1/s1. The molecule has 0 aromatic heterocycles. The van der Waals surface area contributed by atoms with Gasteiger partial charge in [0.15, 0.2) is 5.38 Å². The molecule has 54 valence electrons. The summed E-state index contributed by atoms with van der Waals surface area (Å²) in [5, 5.41) is 15.5. The van der Waals surface area contributed by atoms with Crippen LogP contribution in [0.5, 0.6) is 0 Å². The lowest BCUT2D eigenvalue weighted by atomic mass is 10.3. The highest BCUT2D eigenvalue weighted by molar-refractivity contribution is 6.30. The smallest absolute Gasteiger partial charge is 0.324 e. The molecule has 2 atom stereocenters. The largest absolute Gasteiger partial charge is 0.480 e. The second-order valence-electron chi connectivity index (χ2n) is 1.46.